The highest BCUT2D eigenvalue weighted by atomic mass is 15.1. The summed E-state index contributed by atoms with van der Waals surface area (Å²) < 4.78 is 2.15. The molecule has 0 aromatic carbocycles. The summed E-state index contributed by atoms with van der Waals surface area (Å²) in [4.78, 5) is 0. The first kappa shape index (κ1) is 13.1. The SMILES string of the molecule is Cn1ccc2c(C(C)(C)C)nnc(C(C)(C)C)c21. The van der Waals surface area contributed by atoms with E-state index in [4.69, 9.17) is 0 Å². The van der Waals surface area contributed by atoms with Gasteiger partial charge in [0.25, 0.3) is 0 Å². The molecule has 2 rings (SSSR count). The van der Waals surface area contributed by atoms with Crippen molar-refractivity contribution in [1.82, 2.24) is 14.8 Å². The summed E-state index contributed by atoms with van der Waals surface area (Å²) in [6, 6.07) is 2.15. The minimum absolute atomic E-state index is 0.00772. The summed E-state index contributed by atoms with van der Waals surface area (Å²) in [5.41, 5.74) is 3.38. The molecule has 0 unspecified atom stereocenters. The Morgan fingerprint density at radius 3 is 1.89 bits per heavy atom. The predicted molar refractivity (Wildman–Crippen MR) is 75.9 cm³/mol. The van der Waals surface area contributed by atoms with Crippen LogP contribution >= 0.6 is 0 Å². The second-order valence-corrected chi connectivity index (χ2v) is 7.09. The Morgan fingerprint density at radius 2 is 1.39 bits per heavy atom. The molecule has 0 N–H and O–H groups in total. The number of fused-ring (bicyclic) bond motifs is 1. The van der Waals surface area contributed by atoms with Crippen molar-refractivity contribution in [3.05, 3.63) is 23.7 Å². The highest BCUT2D eigenvalue weighted by Crippen LogP contribution is 2.33. The van der Waals surface area contributed by atoms with Crippen molar-refractivity contribution >= 4 is 10.9 Å². The molecule has 2 heterocycles. The Morgan fingerprint density at radius 1 is 0.889 bits per heavy atom. The molecule has 0 amide bonds. The minimum Gasteiger partial charge on any atom is -0.349 e. The smallest absolute Gasteiger partial charge is 0.0926 e. The summed E-state index contributed by atoms with van der Waals surface area (Å²) in [6.07, 6.45) is 2.10. The molecule has 2 aromatic rings. The molecule has 3 heteroatoms. The van der Waals surface area contributed by atoms with Gasteiger partial charge in [-0.3, -0.25) is 0 Å². The largest absolute Gasteiger partial charge is 0.349 e. The predicted octanol–water partition coefficient (Wildman–Crippen LogP) is 3.56. The van der Waals surface area contributed by atoms with Crippen molar-refractivity contribution < 1.29 is 0 Å². The lowest BCUT2D eigenvalue weighted by atomic mass is 9.86. The third kappa shape index (κ3) is 2.02. The van der Waals surface area contributed by atoms with Gasteiger partial charge in [-0.25, -0.2) is 0 Å². The topological polar surface area (TPSA) is 30.7 Å². The van der Waals surface area contributed by atoms with Crippen LogP contribution < -0.4 is 0 Å². The standard InChI is InChI=1S/C15H23N3/c1-14(2,3)12-10-8-9-18(7)11(10)13(17-16-12)15(4,5)6/h8-9H,1-7H3. The third-order valence-electron chi connectivity index (χ3n) is 3.22. The molecule has 0 atom stereocenters. The van der Waals surface area contributed by atoms with Gasteiger partial charge >= 0.3 is 0 Å². The zero-order valence-electron chi connectivity index (χ0n) is 12.5. The van der Waals surface area contributed by atoms with E-state index in [0.29, 0.717) is 0 Å². The molecule has 18 heavy (non-hydrogen) atoms. The lowest BCUT2D eigenvalue weighted by Crippen LogP contribution is -2.21. The fraction of sp³-hybridized carbons (Fsp3) is 0.600. The molecule has 0 radical (unpaired) electrons. The summed E-state index contributed by atoms with van der Waals surface area (Å²) >= 11 is 0. The second kappa shape index (κ2) is 3.81. The van der Waals surface area contributed by atoms with E-state index < -0.39 is 0 Å². The summed E-state index contributed by atoms with van der Waals surface area (Å²) in [7, 11) is 2.08. The maximum Gasteiger partial charge on any atom is 0.0926 e. The van der Waals surface area contributed by atoms with Crippen molar-refractivity contribution in [3.63, 3.8) is 0 Å². The molecule has 0 aliphatic carbocycles. The lowest BCUT2D eigenvalue weighted by molar-refractivity contribution is 0.535. The molecule has 2 aromatic heterocycles. The van der Waals surface area contributed by atoms with Gasteiger partial charge in [0.15, 0.2) is 0 Å². The van der Waals surface area contributed by atoms with E-state index >= 15 is 0 Å². The van der Waals surface area contributed by atoms with Crippen molar-refractivity contribution in [3.8, 4) is 0 Å². The highest BCUT2D eigenvalue weighted by molar-refractivity contribution is 5.85. The second-order valence-electron chi connectivity index (χ2n) is 7.09. The van der Waals surface area contributed by atoms with E-state index in [2.05, 4.69) is 75.6 Å². The first-order valence-electron chi connectivity index (χ1n) is 6.45. The van der Waals surface area contributed by atoms with E-state index in [-0.39, 0.29) is 10.8 Å². The number of rotatable bonds is 0. The van der Waals surface area contributed by atoms with Gasteiger partial charge < -0.3 is 4.57 Å². The number of nitrogens with zero attached hydrogens (tertiary/aromatic N) is 3. The molecule has 0 fully saturated rings. The zero-order chi connectivity index (χ0) is 13.7. The maximum atomic E-state index is 4.51. The summed E-state index contributed by atoms with van der Waals surface area (Å²) in [5, 5.41) is 10.2. The van der Waals surface area contributed by atoms with Crippen LogP contribution in [0.4, 0.5) is 0 Å². The lowest BCUT2D eigenvalue weighted by Gasteiger charge is -2.23. The minimum atomic E-state index is 0.00772. The van der Waals surface area contributed by atoms with Gasteiger partial charge in [-0.2, -0.15) is 10.2 Å². The van der Waals surface area contributed by atoms with E-state index in [1.54, 1.807) is 0 Å². The van der Waals surface area contributed by atoms with Crippen LogP contribution in [0.25, 0.3) is 10.9 Å². The molecule has 0 saturated carbocycles. The monoisotopic (exact) mass is 245 g/mol. The number of aromatic nitrogens is 3. The fourth-order valence-electron chi connectivity index (χ4n) is 2.28. The van der Waals surface area contributed by atoms with E-state index in [0.717, 1.165) is 11.4 Å². The Hall–Kier alpha value is -1.38. The normalized spacial score (nSPS) is 13.3. The van der Waals surface area contributed by atoms with Crippen LogP contribution in [0, 0.1) is 0 Å². The molecule has 0 spiro atoms. The van der Waals surface area contributed by atoms with Crippen molar-refractivity contribution in [2.75, 3.05) is 0 Å². The molecule has 0 aliphatic rings. The van der Waals surface area contributed by atoms with E-state index in [1.807, 2.05) is 0 Å². The molecule has 3 nitrogen and oxygen atoms in total. The van der Waals surface area contributed by atoms with Crippen LogP contribution in [0.3, 0.4) is 0 Å². The zero-order valence-corrected chi connectivity index (χ0v) is 12.5. The van der Waals surface area contributed by atoms with Crippen LogP contribution in [-0.4, -0.2) is 14.8 Å². The van der Waals surface area contributed by atoms with Crippen molar-refractivity contribution in [2.45, 2.75) is 52.4 Å². The third-order valence-corrected chi connectivity index (χ3v) is 3.22. The van der Waals surface area contributed by atoms with Gasteiger partial charge in [0.1, 0.15) is 0 Å². The summed E-state index contributed by atoms with van der Waals surface area (Å²) in [6.45, 7) is 13.1. The fourth-order valence-corrected chi connectivity index (χ4v) is 2.28. The summed E-state index contributed by atoms with van der Waals surface area (Å²) in [5.74, 6) is 0. The van der Waals surface area contributed by atoms with Gasteiger partial charge in [0.05, 0.1) is 16.9 Å². The van der Waals surface area contributed by atoms with Crippen LogP contribution in [-0.2, 0) is 17.9 Å². The Bertz CT molecular complexity index is 580. The van der Waals surface area contributed by atoms with E-state index in [9.17, 15) is 0 Å². The molecular weight excluding hydrogens is 222 g/mol. The van der Waals surface area contributed by atoms with Crippen LogP contribution in [0.5, 0.6) is 0 Å². The molecule has 0 saturated heterocycles. The number of hydrogen-bond donors (Lipinski definition) is 0. The molecule has 0 bridgehead atoms. The van der Waals surface area contributed by atoms with Gasteiger partial charge in [0, 0.05) is 29.5 Å². The first-order chi connectivity index (χ1) is 8.12. The number of aryl methyl sites for hydroxylation is 1. The quantitative estimate of drug-likeness (QED) is 0.710. The Labute approximate surface area is 109 Å². The molecule has 0 aliphatic heterocycles. The molecule has 98 valence electrons. The van der Waals surface area contributed by atoms with Crippen LogP contribution in [0.2, 0.25) is 0 Å². The highest BCUT2D eigenvalue weighted by Gasteiger charge is 2.26. The molecular formula is C15H23N3. The van der Waals surface area contributed by atoms with Crippen molar-refractivity contribution in [2.24, 2.45) is 7.05 Å². The average Bonchev–Trinajstić information content (AvgIpc) is 2.57. The van der Waals surface area contributed by atoms with Crippen molar-refractivity contribution in [1.29, 1.82) is 0 Å². The Kier molecular flexibility index (Phi) is 2.76. The van der Waals surface area contributed by atoms with Gasteiger partial charge in [-0.05, 0) is 6.07 Å². The Balaban J connectivity index is 2.85. The maximum absolute atomic E-state index is 4.51. The van der Waals surface area contributed by atoms with E-state index in [1.165, 1.54) is 10.9 Å². The van der Waals surface area contributed by atoms with Crippen LogP contribution in [0.15, 0.2) is 12.3 Å². The van der Waals surface area contributed by atoms with Crippen LogP contribution in [0.1, 0.15) is 52.9 Å². The first-order valence-corrected chi connectivity index (χ1v) is 6.45. The average molecular weight is 245 g/mol. The van der Waals surface area contributed by atoms with Gasteiger partial charge in [-0.15, -0.1) is 0 Å². The number of hydrogen-bond acceptors (Lipinski definition) is 2. The van der Waals surface area contributed by atoms with Gasteiger partial charge in [-0.1, -0.05) is 41.5 Å². The van der Waals surface area contributed by atoms with Gasteiger partial charge in [0.2, 0.25) is 0 Å².